The van der Waals surface area contributed by atoms with Crippen LogP contribution in [-0.2, 0) is 27.2 Å². The molecule has 0 aromatic carbocycles. The first-order valence-electron chi connectivity index (χ1n) is 12.7. The van der Waals surface area contributed by atoms with Crippen molar-refractivity contribution in [2.24, 2.45) is 0 Å². The Morgan fingerprint density at radius 3 is 2.90 bits per heavy atom. The zero-order valence-corrected chi connectivity index (χ0v) is 21.7. The largest absolute Gasteiger partial charge is 0.487 e. The van der Waals surface area contributed by atoms with E-state index in [1.807, 2.05) is 23.0 Å². The molecule has 2 aliphatic heterocycles. The summed E-state index contributed by atoms with van der Waals surface area (Å²) in [7, 11) is 1.55. The van der Waals surface area contributed by atoms with Gasteiger partial charge in [0.05, 0.1) is 18.3 Å². The summed E-state index contributed by atoms with van der Waals surface area (Å²) in [5.74, 6) is 2.89. The van der Waals surface area contributed by atoms with Crippen LogP contribution in [-0.4, -0.2) is 71.6 Å². The van der Waals surface area contributed by atoms with Gasteiger partial charge in [0.1, 0.15) is 47.4 Å². The van der Waals surface area contributed by atoms with Crippen LogP contribution in [0.1, 0.15) is 53.4 Å². The van der Waals surface area contributed by atoms with E-state index in [0.29, 0.717) is 56.8 Å². The van der Waals surface area contributed by atoms with Gasteiger partial charge < -0.3 is 19.1 Å². The van der Waals surface area contributed by atoms with E-state index in [9.17, 15) is 19.6 Å². The van der Waals surface area contributed by atoms with Gasteiger partial charge in [-0.2, -0.15) is 5.26 Å². The van der Waals surface area contributed by atoms with E-state index < -0.39 is 6.03 Å². The molecule has 12 nitrogen and oxygen atoms in total. The highest BCUT2D eigenvalue weighted by Gasteiger charge is 2.55. The van der Waals surface area contributed by atoms with Gasteiger partial charge in [-0.1, -0.05) is 0 Å². The minimum atomic E-state index is -0.475. The average molecular weight is 533 g/mol. The molecule has 39 heavy (non-hydrogen) atoms. The number of urea groups is 1. The Morgan fingerprint density at radius 1 is 1.38 bits per heavy atom. The lowest BCUT2D eigenvalue weighted by molar-refractivity contribution is 0.0919. The molecule has 3 aliphatic rings. The Bertz CT molecular complexity index is 1390. The van der Waals surface area contributed by atoms with Crippen molar-refractivity contribution in [1.29, 1.82) is 5.26 Å². The van der Waals surface area contributed by atoms with Crippen LogP contribution in [0, 0.1) is 11.3 Å². The number of amides is 2. The van der Waals surface area contributed by atoms with Crippen LogP contribution in [0.2, 0.25) is 0 Å². The van der Waals surface area contributed by atoms with Gasteiger partial charge in [0.2, 0.25) is 0 Å². The minimum absolute atomic E-state index is 0.151. The Kier molecular flexibility index (Phi) is 7.19. The van der Waals surface area contributed by atoms with Gasteiger partial charge >= 0.3 is 6.03 Å². The highest BCUT2D eigenvalue weighted by atomic mass is 16.5. The number of ether oxygens (including phenoxy) is 3. The number of nitriles is 1. The van der Waals surface area contributed by atoms with Crippen molar-refractivity contribution in [2.75, 3.05) is 37.1 Å². The van der Waals surface area contributed by atoms with Crippen molar-refractivity contribution in [3.63, 3.8) is 0 Å². The zero-order chi connectivity index (χ0) is 27.6. The van der Waals surface area contributed by atoms with E-state index in [1.54, 1.807) is 14.0 Å². The van der Waals surface area contributed by atoms with Crippen molar-refractivity contribution < 1.29 is 28.6 Å². The summed E-state index contributed by atoms with van der Waals surface area (Å²) >= 11 is 0. The fourth-order valence-corrected chi connectivity index (χ4v) is 4.96. The van der Waals surface area contributed by atoms with Gasteiger partial charge in [0.15, 0.2) is 12.2 Å². The molecule has 2 aromatic rings. The number of aldehydes is 1. The van der Waals surface area contributed by atoms with Crippen molar-refractivity contribution in [2.45, 2.75) is 50.8 Å². The number of hydrogen-bond acceptors (Lipinski definition) is 10. The van der Waals surface area contributed by atoms with Gasteiger partial charge in [-0.3, -0.25) is 15.0 Å². The third kappa shape index (κ3) is 5.14. The van der Waals surface area contributed by atoms with Gasteiger partial charge in [0.25, 0.3) is 5.88 Å². The molecule has 0 unspecified atom stereocenters. The Hall–Kier alpha value is -4.46. The van der Waals surface area contributed by atoms with E-state index in [2.05, 4.69) is 15.3 Å². The number of aryl methyl sites for hydroxylation is 1. The first-order chi connectivity index (χ1) is 18.9. The number of rotatable bonds is 8. The van der Waals surface area contributed by atoms with Gasteiger partial charge in [-0.05, 0) is 44.2 Å². The summed E-state index contributed by atoms with van der Waals surface area (Å²) in [5.41, 5.74) is 1.70. The molecular formula is C27H28N6O6. The Labute approximate surface area is 225 Å². The predicted molar refractivity (Wildman–Crippen MR) is 138 cm³/mol. The number of fused-ring (bicyclic) bond motifs is 1. The number of methoxy groups -OCH3 is 1. The number of hydrogen-bond donors (Lipinski definition) is 1. The predicted octanol–water partition coefficient (Wildman–Crippen LogP) is 2.60. The molecule has 12 heteroatoms. The standard InChI is InChI=1S/C27H28N6O6/c1-17(15-37-2)39-22-9-23(29-11-20(22)10-28)31-26(36)32-7-3-4-18-8-19(21(13-34)30-25(18)32)12-33-24(14-35)38-16-27(33)5-6-27/h8-9,11,13,17H,3-7,12,15-16H2,1-2H3,(H,29,31,36)/t17-/m1/s1. The fraction of sp³-hybridized carbons (Fsp3) is 0.444. The lowest BCUT2D eigenvalue weighted by atomic mass is 10.0. The lowest BCUT2D eigenvalue weighted by Crippen LogP contribution is -2.40. The second-order valence-corrected chi connectivity index (χ2v) is 9.89. The number of aromatic nitrogens is 2. The lowest BCUT2D eigenvalue weighted by Gasteiger charge is -2.30. The molecule has 4 heterocycles. The molecule has 5 rings (SSSR count). The molecule has 0 radical (unpaired) electrons. The highest BCUT2D eigenvalue weighted by Crippen LogP contribution is 2.49. The first kappa shape index (κ1) is 26.2. The summed E-state index contributed by atoms with van der Waals surface area (Å²) in [6.07, 6.45) is 4.86. The maximum absolute atomic E-state index is 13.3. The molecule has 1 saturated carbocycles. The maximum atomic E-state index is 13.3. The molecular weight excluding hydrogens is 504 g/mol. The van der Waals surface area contributed by atoms with Crippen molar-refractivity contribution in [1.82, 2.24) is 14.9 Å². The van der Waals surface area contributed by atoms with Gasteiger partial charge in [-0.25, -0.2) is 19.6 Å². The van der Waals surface area contributed by atoms with Crippen LogP contribution in [0.15, 0.2) is 24.2 Å². The second-order valence-electron chi connectivity index (χ2n) is 9.89. The number of carbonyl (C=O) groups is 2. The molecule has 1 N–H and O–H groups in total. The molecule has 1 atom stereocenters. The van der Waals surface area contributed by atoms with E-state index in [1.165, 1.54) is 17.2 Å². The average Bonchev–Trinajstić information content (AvgIpc) is 3.64. The maximum Gasteiger partial charge on any atom is 0.328 e. The number of anilines is 2. The first-order valence-corrected chi connectivity index (χ1v) is 12.7. The third-order valence-electron chi connectivity index (χ3n) is 7.12. The van der Waals surface area contributed by atoms with E-state index in [-0.39, 0.29) is 40.4 Å². The molecule has 2 amide bonds. The number of pyridine rings is 2. The summed E-state index contributed by atoms with van der Waals surface area (Å²) in [6.45, 7) is 3.25. The number of nitrogens with one attached hydrogen (secondary N) is 1. The van der Waals surface area contributed by atoms with E-state index >= 15 is 0 Å². The van der Waals surface area contributed by atoms with Gasteiger partial charge in [0, 0.05) is 31.8 Å². The molecule has 2 fully saturated rings. The Balaban J connectivity index is 1.37. The summed E-state index contributed by atoms with van der Waals surface area (Å²) in [4.78, 5) is 48.8. The third-order valence-corrected chi connectivity index (χ3v) is 7.12. The van der Waals surface area contributed by atoms with Crippen LogP contribution in [0.25, 0.3) is 0 Å². The molecule has 2 aromatic heterocycles. The SMILES string of the molecule is COC[C@@H](C)Oc1cc(NC(=O)N2CCCc3cc(CN4C(=C=O)OCC45CC5)c(C=O)nc32)ncc1C#N. The summed E-state index contributed by atoms with van der Waals surface area (Å²) in [5, 5.41) is 12.2. The van der Waals surface area contributed by atoms with Crippen LogP contribution >= 0.6 is 0 Å². The van der Waals surface area contributed by atoms with E-state index in [4.69, 9.17) is 14.2 Å². The van der Waals surface area contributed by atoms with Crippen molar-refractivity contribution in [3.05, 3.63) is 46.6 Å². The molecule has 1 saturated heterocycles. The van der Waals surface area contributed by atoms with Crippen LogP contribution in [0.5, 0.6) is 5.75 Å². The van der Waals surface area contributed by atoms with Crippen LogP contribution in [0.3, 0.4) is 0 Å². The fourth-order valence-electron chi connectivity index (χ4n) is 4.96. The molecule has 1 aliphatic carbocycles. The topological polar surface area (TPSA) is 147 Å². The van der Waals surface area contributed by atoms with Crippen LogP contribution in [0.4, 0.5) is 16.4 Å². The number of nitrogens with zero attached hydrogens (tertiary/aromatic N) is 5. The normalized spacial score (nSPS) is 17.5. The number of carbonyl (C=O) groups excluding carboxylic acids is 3. The molecule has 202 valence electrons. The van der Waals surface area contributed by atoms with Gasteiger partial charge in [-0.15, -0.1) is 0 Å². The molecule has 1 spiro atoms. The molecule has 0 bridgehead atoms. The summed E-state index contributed by atoms with van der Waals surface area (Å²) < 4.78 is 16.4. The zero-order valence-electron chi connectivity index (χ0n) is 21.7. The quantitative estimate of drug-likeness (QED) is 0.397. The smallest absolute Gasteiger partial charge is 0.328 e. The minimum Gasteiger partial charge on any atom is -0.487 e. The monoisotopic (exact) mass is 532 g/mol. The Morgan fingerprint density at radius 2 is 2.21 bits per heavy atom. The van der Waals surface area contributed by atoms with Crippen molar-refractivity contribution in [3.8, 4) is 11.8 Å². The van der Waals surface area contributed by atoms with E-state index in [0.717, 1.165) is 18.4 Å². The second kappa shape index (κ2) is 10.7. The van der Waals surface area contributed by atoms with Crippen LogP contribution < -0.4 is 15.0 Å². The highest BCUT2D eigenvalue weighted by molar-refractivity contribution is 6.01. The van der Waals surface area contributed by atoms with Crippen molar-refractivity contribution >= 4 is 29.9 Å². The summed E-state index contributed by atoms with van der Waals surface area (Å²) in [6, 6.07) is 4.93.